The van der Waals surface area contributed by atoms with E-state index in [1.165, 1.54) is 3.97 Å². The number of carbonyl (C=O) groups is 2. The van der Waals surface area contributed by atoms with Gasteiger partial charge in [-0.3, -0.25) is 9.69 Å². The third-order valence-electron chi connectivity index (χ3n) is 9.83. The number of fused-ring (bicyclic) bond motifs is 4. The number of piperazine rings is 1. The molecule has 0 bridgehead atoms. The van der Waals surface area contributed by atoms with Gasteiger partial charge in [-0.1, -0.05) is 55.3 Å². The van der Waals surface area contributed by atoms with Gasteiger partial charge in [0, 0.05) is 56.3 Å². The van der Waals surface area contributed by atoms with E-state index < -0.39 is 21.0 Å². The Bertz CT molecular complexity index is 2010. The van der Waals surface area contributed by atoms with Crippen LogP contribution in [0, 0.1) is 0 Å². The molecule has 0 atom stereocenters. The van der Waals surface area contributed by atoms with Gasteiger partial charge in [0.05, 0.1) is 22.2 Å². The van der Waals surface area contributed by atoms with E-state index in [9.17, 15) is 18.0 Å². The number of benzene rings is 2. The maximum atomic E-state index is 14.2. The second-order valence-corrected chi connectivity index (χ2v) is 16.6. The fraction of sp³-hybridized carbons (Fsp3) is 0.417. The van der Waals surface area contributed by atoms with Gasteiger partial charge < -0.3 is 14.5 Å². The van der Waals surface area contributed by atoms with Crippen molar-refractivity contribution in [2.45, 2.75) is 68.9 Å². The van der Waals surface area contributed by atoms with E-state index >= 15 is 0 Å². The summed E-state index contributed by atoms with van der Waals surface area (Å²) in [5.74, 6) is 0.0483. The smallest absolute Gasteiger partial charge is 0.410 e. The van der Waals surface area contributed by atoms with Gasteiger partial charge in [-0.05, 0) is 72.8 Å². The molecule has 2 amide bonds. The van der Waals surface area contributed by atoms with E-state index in [0.717, 1.165) is 61.2 Å². The minimum absolute atomic E-state index is 0.0483. The van der Waals surface area contributed by atoms with Gasteiger partial charge in [0.25, 0.3) is 10.0 Å². The number of anilines is 1. The second-order valence-electron chi connectivity index (χ2n) is 14.1. The van der Waals surface area contributed by atoms with Crippen molar-refractivity contribution in [2.75, 3.05) is 38.1 Å². The molecule has 12 heteroatoms. The Morgan fingerprint density at radius 3 is 2.25 bits per heavy atom. The number of nitrogens with zero attached hydrogens (tertiary/aromatic N) is 5. The highest BCUT2D eigenvalue weighted by Crippen LogP contribution is 2.56. The zero-order chi connectivity index (χ0) is 34.0. The topological polar surface area (TPSA) is 105 Å². The van der Waals surface area contributed by atoms with Crippen LogP contribution in [0.3, 0.4) is 0 Å². The molecule has 2 fully saturated rings. The molecule has 252 valence electrons. The highest BCUT2D eigenvalue weighted by atomic mass is 79.9. The van der Waals surface area contributed by atoms with Crippen LogP contribution in [-0.4, -0.2) is 78.0 Å². The molecule has 48 heavy (non-hydrogen) atoms. The summed E-state index contributed by atoms with van der Waals surface area (Å²) < 4.78 is 35.7. The van der Waals surface area contributed by atoms with Gasteiger partial charge in [0.2, 0.25) is 5.91 Å². The minimum atomic E-state index is -4.05. The summed E-state index contributed by atoms with van der Waals surface area (Å²) in [6.45, 7) is 9.00. The van der Waals surface area contributed by atoms with Crippen LogP contribution >= 0.6 is 15.9 Å². The third kappa shape index (κ3) is 5.42. The van der Waals surface area contributed by atoms with Crippen molar-refractivity contribution < 1.29 is 22.7 Å². The Morgan fingerprint density at radius 1 is 0.979 bits per heavy atom. The summed E-state index contributed by atoms with van der Waals surface area (Å²) in [7, 11) is -2.26. The standard InChI is InChI=1S/C36H40BrN5O5S/c1-35(2,3)47-34(44)41-20-18-40(19-21-41)23-24-12-14-25(15-13-24)28-29-30-27(39(4)33(43)36(30)16-8-9-17-36)22-38-32(29)42(31(28)37)48(45,46)26-10-6-5-7-11-26/h5-7,10-15,22H,8-9,16-21,23H2,1-4H3. The fourth-order valence-electron chi connectivity index (χ4n) is 7.53. The first-order chi connectivity index (χ1) is 22.8. The van der Waals surface area contributed by atoms with Crippen molar-refractivity contribution in [3.05, 3.63) is 76.5 Å². The molecule has 1 aliphatic carbocycles. The Hall–Kier alpha value is -3.74. The molecular formula is C36H40BrN5O5S. The van der Waals surface area contributed by atoms with Crippen molar-refractivity contribution in [2.24, 2.45) is 0 Å². The molecule has 10 nitrogen and oxygen atoms in total. The van der Waals surface area contributed by atoms with Crippen LogP contribution in [-0.2, 0) is 31.5 Å². The number of carbonyl (C=O) groups excluding carboxylic acids is 2. The average molecular weight is 735 g/mol. The van der Waals surface area contributed by atoms with Crippen LogP contribution in [0.2, 0.25) is 0 Å². The zero-order valence-electron chi connectivity index (χ0n) is 27.7. The van der Waals surface area contributed by atoms with Crippen molar-refractivity contribution in [3.8, 4) is 11.1 Å². The minimum Gasteiger partial charge on any atom is -0.444 e. The Morgan fingerprint density at radius 2 is 1.62 bits per heavy atom. The Labute approximate surface area is 289 Å². The Kier molecular flexibility index (Phi) is 8.19. The van der Waals surface area contributed by atoms with Crippen molar-refractivity contribution in [1.29, 1.82) is 0 Å². The highest BCUT2D eigenvalue weighted by Gasteiger charge is 2.53. The van der Waals surface area contributed by atoms with Crippen LogP contribution in [0.15, 0.2) is 70.3 Å². The molecule has 1 spiro atoms. The van der Waals surface area contributed by atoms with Crippen molar-refractivity contribution in [3.63, 3.8) is 0 Å². The van der Waals surface area contributed by atoms with Gasteiger partial charge in [-0.25, -0.2) is 22.2 Å². The summed E-state index contributed by atoms with van der Waals surface area (Å²) in [4.78, 5) is 37.0. The number of hydrogen-bond acceptors (Lipinski definition) is 7. The van der Waals surface area contributed by atoms with Crippen LogP contribution in [0.1, 0.15) is 57.6 Å². The predicted octanol–water partition coefficient (Wildman–Crippen LogP) is 6.54. The number of ether oxygens (including phenoxy) is 1. The van der Waals surface area contributed by atoms with Gasteiger partial charge in [-0.2, -0.15) is 0 Å². The molecule has 4 aromatic rings. The number of hydrogen-bond donors (Lipinski definition) is 0. The second kappa shape index (κ2) is 12.0. The normalized spacial score (nSPS) is 18.2. The molecule has 2 aliphatic heterocycles. The van der Waals surface area contributed by atoms with E-state index in [1.807, 2.05) is 32.9 Å². The van der Waals surface area contributed by atoms with Crippen LogP contribution in [0.5, 0.6) is 0 Å². The molecule has 2 aromatic heterocycles. The summed E-state index contributed by atoms with van der Waals surface area (Å²) in [6.07, 6.45) is 4.68. The lowest BCUT2D eigenvalue weighted by Gasteiger charge is -2.35. The lowest BCUT2D eigenvalue weighted by molar-refractivity contribution is -0.122. The summed E-state index contributed by atoms with van der Waals surface area (Å²) in [5, 5.41) is 0.699. The quantitative estimate of drug-likeness (QED) is 0.229. The first-order valence-corrected chi connectivity index (χ1v) is 18.7. The van der Waals surface area contributed by atoms with E-state index in [1.54, 1.807) is 53.4 Å². The van der Waals surface area contributed by atoms with Crippen LogP contribution in [0.4, 0.5) is 10.5 Å². The van der Waals surface area contributed by atoms with E-state index in [2.05, 4.69) is 33.0 Å². The number of pyridine rings is 1. The molecule has 2 aromatic carbocycles. The molecule has 4 heterocycles. The molecule has 1 saturated heterocycles. The molecule has 0 radical (unpaired) electrons. The van der Waals surface area contributed by atoms with Crippen LogP contribution in [0.25, 0.3) is 22.2 Å². The van der Waals surface area contributed by atoms with E-state index in [0.29, 0.717) is 40.8 Å². The zero-order valence-corrected chi connectivity index (χ0v) is 30.1. The summed E-state index contributed by atoms with van der Waals surface area (Å²) in [6, 6.07) is 16.5. The lowest BCUT2D eigenvalue weighted by Crippen LogP contribution is -2.49. The third-order valence-corrected chi connectivity index (χ3v) is 12.5. The monoisotopic (exact) mass is 733 g/mol. The first-order valence-electron chi connectivity index (χ1n) is 16.4. The SMILES string of the molecule is CN1C(=O)C2(CCCC2)c2c1cnc1c2c(-c2ccc(CN3CCN(C(=O)OC(C)(C)C)CC3)cc2)c(Br)n1S(=O)(=O)c1ccccc1. The molecule has 3 aliphatic rings. The van der Waals surface area contributed by atoms with Gasteiger partial charge in [0.15, 0.2) is 5.65 Å². The number of amides is 2. The number of likely N-dealkylation sites (N-methyl/N-ethyl adjacent to an activating group) is 1. The van der Waals surface area contributed by atoms with Gasteiger partial charge in [0.1, 0.15) is 10.2 Å². The van der Waals surface area contributed by atoms with Crippen LogP contribution < -0.4 is 4.90 Å². The highest BCUT2D eigenvalue weighted by molar-refractivity contribution is 9.10. The van der Waals surface area contributed by atoms with Gasteiger partial charge >= 0.3 is 6.09 Å². The first kappa shape index (κ1) is 32.8. The van der Waals surface area contributed by atoms with Gasteiger partial charge in [-0.15, -0.1) is 0 Å². The van der Waals surface area contributed by atoms with Crippen molar-refractivity contribution >= 4 is 54.7 Å². The maximum absolute atomic E-state index is 14.2. The average Bonchev–Trinajstić information content (AvgIpc) is 3.72. The molecular weight excluding hydrogens is 694 g/mol. The van der Waals surface area contributed by atoms with E-state index in [4.69, 9.17) is 9.72 Å². The lowest BCUT2D eigenvalue weighted by atomic mass is 9.78. The van der Waals surface area contributed by atoms with E-state index in [-0.39, 0.29) is 16.9 Å². The summed E-state index contributed by atoms with van der Waals surface area (Å²) >= 11 is 3.73. The number of aromatic nitrogens is 2. The maximum Gasteiger partial charge on any atom is 0.410 e. The fourth-order valence-corrected chi connectivity index (χ4v) is 10.1. The molecule has 0 unspecified atom stereocenters. The Balaban J connectivity index is 1.27. The predicted molar refractivity (Wildman–Crippen MR) is 189 cm³/mol. The summed E-state index contributed by atoms with van der Waals surface area (Å²) in [5.41, 5.74) is 3.33. The number of halogens is 1. The van der Waals surface area contributed by atoms with Crippen molar-refractivity contribution in [1.82, 2.24) is 18.8 Å². The number of rotatable bonds is 5. The largest absolute Gasteiger partial charge is 0.444 e. The molecule has 1 saturated carbocycles. The molecule has 0 N–H and O–H groups in total. The molecule has 7 rings (SSSR count).